The van der Waals surface area contributed by atoms with Gasteiger partial charge in [-0.15, -0.1) is 0 Å². The molecule has 0 spiro atoms. The summed E-state index contributed by atoms with van der Waals surface area (Å²) >= 11 is 3.40. The third kappa shape index (κ3) is 2.47. The molecule has 2 heterocycles. The number of carbonyl (C=O) groups is 2. The van der Waals surface area contributed by atoms with Crippen LogP contribution in [0.15, 0.2) is 28.7 Å². The van der Waals surface area contributed by atoms with Crippen molar-refractivity contribution in [3.63, 3.8) is 0 Å². The minimum absolute atomic E-state index is 0.0122. The highest BCUT2D eigenvalue weighted by atomic mass is 79.9. The molecule has 23 heavy (non-hydrogen) atoms. The molecule has 0 radical (unpaired) electrons. The normalized spacial score (nSPS) is 25.9. The number of halogens is 1. The first kappa shape index (κ1) is 16.4. The third-order valence-corrected chi connectivity index (χ3v) is 5.14. The first-order chi connectivity index (χ1) is 11.0. The number of methoxy groups -OCH3 is 2. The molecule has 2 aliphatic heterocycles. The smallest absolute Gasteiger partial charge is 0.325 e. The lowest BCUT2D eigenvalue weighted by atomic mass is 9.76. The van der Waals surface area contributed by atoms with Gasteiger partial charge in [0, 0.05) is 10.5 Å². The molecule has 124 valence electrons. The highest BCUT2D eigenvalue weighted by Gasteiger charge is 2.65. The van der Waals surface area contributed by atoms with Crippen LogP contribution in [0.4, 0.5) is 0 Å². The maximum Gasteiger partial charge on any atom is 0.325 e. The van der Waals surface area contributed by atoms with Crippen molar-refractivity contribution in [1.82, 2.24) is 5.06 Å². The van der Waals surface area contributed by atoms with Crippen molar-refractivity contribution in [2.24, 2.45) is 5.41 Å². The number of hydrogen-bond acceptors (Lipinski definition) is 6. The second-order valence-corrected chi connectivity index (χ2v) is 6.66. The van der Waals surface area contributed by atoms with Crippen LogP contribution in [-0.2, 0) is 23.9 Å². The van der Waals surface area contributed by atoms with Crippen LogP contribution in [0.1, 0.15) is 24.4 Å². The minimum atomic E-state index is -1.41. The molecule has 0 unspecified atom stereocenters. The Balaban J connectivity index is 2.13. The van der Waals surface area contributed by atoms with E-state index in [2.05, 4.69) is 15.9 Å². The van der Waals surface area contributed by atoms with Gasteiger partial charge >= 0.3 is 11.9 Å². The summed E-state index contributed by atoms with van der Waals surface area (Å²) < 4.78 is 10.9. The molecule has 7 heteroatoms. The molecule has 0 bridgehead atoms. The van der Waals surface area contributed by atoms with E-state index in [1.165, 1.54) is 14.2 Å². The number of nitrogens with zero attached hydrogens (tertiary/aromatic N) is 1. The molecule has 3 rings (SSSR count). The Kier molecular flexibility index (Phi) is 4.44. The summed E-state index contributed by atoms with van der Waals surface area (Å²) in [6, 6.07) is 6.92. The summed E-state index contributed by atoms with van der Waals surface area (Å²) in [4.78, 5) is 30.9. The highest BCUT2D eigenvalue weighted by molar-refractivity contribution is 9.10. The molecule has 2 fully saturated rings. The van der Waals surface area contributed by atoms with E-state index in [1.54, 1.807) is 5.06 Å². The first-order valence-electron chi connectivity index (χ1n) is 7.38. The molecule has 2 saturated heterocycles. The maximum absolute atomic E-state index is 12.6. The predicted molar refractivity (Wildman–Crippen MR) is 84.2 cm³/mol. The second-order valence-electron chi connectivity index (χ2n) is 5.75. The van der Waals surface area contributed by atoms with Crippen LogP contribution < -0.4 is 0 Å². The molecule has 1 aromatic rings. The van der Waals surface area contributed by atoms with Crippen molar-refractivity contribution in [3.8, 4) is 0 Å². The topological polar surface area (TPSA) is 65.1 Å². The van der Waals surface area contributed by atoms with Crippen molar-refractivity contribution < 1.29 is 23.9 Å². The third-order valence-electron chi connectivity index (χ3n) is 4.62. The SMILES string of the molecule is COC(=O)C1(C(=O)OC)C[C@@H]2CCON2[C@H]1c1ccc(Br)cc1. The van der Waals surface area contributed by atoms with Gasteiger partial charge in [-0.05, 0) is 30.5 Å². The van der Waals surface area contributed by atoms with Gasteiger partial charge in [0.1, 0.15) is 0 Å². The molecule has 0 aromatic heterocycles. The number of hydrogen-bond donors (Lipinski definition) is 0. The second kappa shape index (κ2) is 6.22. The van der Waals surface area contributed by atoms with Gasteiger partial charge in [-0.25, -0.2) is 0 Å². The van der Waals surface area contributed by atoms with E-state index in [1.807, 2.05) is 24.3 Å². The monoisotopic (exact) mass is 383 g/mol. The lowest BCUT2D eigenvalue weighted by Gasteiger charge is -2.32. The molecule has 0 aliphatic carbocycles. The predicted octanol–water partition coefficient (Wildman–Crippen LogP) is 2.23. The summed E-state index contributed by atoms with van der Waals surface area (Å²) in [7, 11) is 2.58. The van der Waals surface area contributed by atoms with E-state index in [9.17, 15) is 9.59 Å². The number of benzene rings is 1. The van der Waals surface area contributed by atoms with Crippen molar-refractivity contribution in [1.29, 1.82) is 0 Å². The van der Waals surface area contributed by atoms with Crippen molar-refractivity contribution >= 4 is 27.9 Å². The number of rotatable bonds is 3. The molecule has 0 amide bonds. The Bertz CT molecular complexity index is 601. The van der Waals surface area contributed by atoms with Crippen LogP contribution in [0.3, 0.4) is 0 Å². The van der Waals surface area contributed by atoms with Gasteiger partial charge in [-0.1, -0.05) is 28.1 Å². The quantitative estimate of drug-likeness (QED) is 0.588. The molecule has 0 saturated carbocycles. The maximum atomic E-state index is 12.6. The Morgan fingerprint density at radius 2 is 1.83 bits per heavy atom. The van der Waals surface area contributed by atoms with E-state index in [0.717, 1.165) is 16.5 Å². The van der Waals surface area contributed by atoms with Crippen LogP contribution in [-0.4, -0.2) is 43.9 Å². The minimum Gasteiger partial charge on any atom is -0.468 e. The lowest BCUT2D eigenvalue weighted by molar-refractivity contribution is -0.187. The van der Waals surface area contributed by atoms with Gasteiger partial charge in [-0.3, -0.25) is 14.4 Å². The Labute approximate surface area is 142 Å². The van der Waals surface area contributed by atoms with E-state index < -0.39 is 23.4 Å². The summed E-state index contributed by atoms with van der Waals surface area (Å²) in [5, 5.41) is 1.76. The Morgan fingerprint density at radius 3 is 2.39 bits per heavy atom. The molecule has 1 aromatic carbocycles. The summed E-state index contributed by atoms with van der Waals surface area (Å²) in [6.45, 7) is 0.579. The average Bonchev–Trinajstić information content (AvgIpc) is 3.13. The Hall–Kier alpha value is -1.44. The van der Waals surface area contributed by atoms with Gasteiger partial charge < -0.3 is 9.47 Å². The average molecular weight is 384 g/mol. The van der Waals surface area contributed by atoms with Crippen molar-refractivity contribution in [2.75, 3.05) is 20.8 Å². The van der Waals surface area contributed by atoms with E-state index in [0.29, 0.717) is 13.0 Å². The van der Waals surface area contributed by atoms with E-state index >= 15 is 0 Å². The van der Waals surface area contributed by atoms with Crippen LogP contribution in [0, 0.1) is 5.41 Å². The van der Waals surface area contributed by atoms with Gasteiger partial charge in [0.2, 0.25) is 0 Å². The number of carbonyl (C=O) groups excluding carboxylic acids is 2. The number of hydroxylamine groups is 2. The van der Waals surface area contributed by atoms with Crippen LogP contribution in [0.5, 0.6) is 0 Å². The number of fused-ring (bicyclic) bond motifs is 1. The highest BCUT2D eigenvalue weighted by Crippen LogP contribution is 2.54. The van der Waals surface area contributed by atoms with Crippen LogP contribution >= 0.6 is 15.9 Å². The zero-order chi connectivity index (χ0) is 16.6. The van der Waals surface area contributed by atoms with Gasteiger partial charge in [0.25, 0.3) is 0 Å². The molecule has 6 nitrogen and oxygen atoms in total. The van der Waals surface area contributed by atoms with E-state index in [-0.39, 0.29) is 6.04 Å². The van der Waals surface area contributed by atoms with Gasteiger partial charge in [-0.2, -0.15) is 5.06 Å². The van der Waals surface area contributed by atoms with Crippen LogP contribution in [0.25, 0.3) is 0 Å². The number of ether oxygens (including phenoxy) is 2. The van der Waals surface area contributed by atoms with Crippen molar-refractivity contribution in [2.45, 2.75) is 24.9 Å². The zero-order valence-electron chi connectivity index (χ0n) is 13.0. The largest absolute Gasteiger partial charge is 0.468 e. The van der Waals surface area contributed by atoms with Crippen LogP contribution in [0.2, 0.25) is 0 Å². The fraction of sp³-hybridized carbons (Fsp3) is 0.500. The van der Waals surface area contributed by atoms with Crippen molar-refractivity contribution in [3.05, 3.63) is 34.3 Å². The molecule has 2 atom stereocenters. The fourth-order valence-electron chi connectivity index (χ4n) is 3.62. The molecule has 0 N–H and O–H groups in total. The fourth-order valence-corrected chi connectivity index (χ4v) is 3.88. The summed E-state index contributed by atoms with van der Waals surface area (Å²) in [6.07, 6.45) is 1.09. The summed E-state index contributed by atoms with van der Waals surface area (Å²) in [5.74, 6) is -1.18. The van der Waals surface area contributed by atoms with E-state index in [4.69, 9.17) is 14.3 Å². The zero-order valence-corrected chi connectivity index (χ0v) is 14.5. The lowest BCUT2D eigenvalue weighted by Crippen LogP contribution is -2.45. The number of esters is 2. The molecular formula is C16H18BrNO5. The standard InChI is InChI=1S/C16H18BrNO5/c1-21-14(19)16(15(20)22-2)9-12-7-8-23-18(12)13(16)10-3-5-11(17)6-4-10/h3-6,12-13H,7-9H2,1-2H3/t12-,13-/m0/s1. The molecular weight excluding hydrogens is 366 g/mol. The first-order valence-corrected chi connectivity index (χ1v) is 8.17. The van der Waals surface area contributed by atoms with Gasteiger partial charge in [0.05, 0.1) is 26.9 Å². The molecule has 2 aliphatic rings. The summed E-state index contributed by atoms with van der Waals surface area (Å²) in [5.41, 5.74) is -0.601. The van der Waals surface area contributed by atoms with Gasteiger partial charge in [0.15, 0.2) is 5.41 Å². The Morgan fingerprint density at radius 1 is 1.22 bits per heavy atom.